The molecule has 0 aliphatic heterocycles. The van der Waals surface area contributed by atoms with E-state index in [-0.39, 0.29) is 6.61 Å². The molecule has 3 aromatic rings. The Morgan fingerprint density at radius 2 is 1.52 bits per heavy atom. The van der Waals surface area contributed by atoms with Gasteiger partial charge >= 0.3 is 11.9 Å². The van der Waals surface area contributed by atoms with Gasteiger partial charge in [0, 0.05) is 11.1 Å². The van der Waals surface area contributed by atoms with Crippen molar-refractivity contribution >= 4 is 29.6 Å². The molecular weight excluding hydrogens is 416 g/mol. The fourth-order valence-electron chi connectivity index (χ4n) is 2.63. The monoisotopic (exact) mass is 436 g/mol. The maximum atomic E-state index is 12.2. The lowest BCUT2D eigenvalue weighted by atomic mass is 10.2. The van der Waals surface area contributed by atoms with Crippen molar-refractivity contribution in [1.29, 1.82) is 0 Å². The first-order valence-electron chi connectivity index (χ1n) is 9.68. The minimum absolute atomic E-state index is 0.142. The summed E-state index contributed by atoms with van der Waals surface area (Å²) in [5.41, 5.74) is 2.04. The lowest BCUT2D eigenvalue weighted by Crippen LogP contribution is -2.06. The standard InChI is InChI=1S/C25H21ClO5/c1-2-29-22-12-5-18(6-13-22)7-16-24(27)31-23-14-8-20(9-15-23)25(28)30-17-19-3-10-21(26)11-4-19/h3-16H,2,17H2,1H3/b16-7+. The van der Waals surface area contributed by atoms with Gasteiger partial charge in [0.15, 0.2) is 0 Å². The second kappa shape index (κ2) is 11.0. The van der Waals surface area contributed by atoms with Crippen LogP contribution in [-0.2, 0) is 16.1 Å². The molecule has 0 radical (unpaired) electrons. The van der Waals surface area contributed by atoms with Crippen LogP contribution in [0, 0.1) is 0 Å². The summed E-state index contributed by atoms with van der Waals surface area (Å²) in [4.78, 5) is 24.2. The van der Waals surface area contributed by atoms with Crippen molar-refractivity contribution in [1.82, 2.24) is 0 Å². The summed E-state index contributed by atoms with van der Waals surface area (Å²) < 4.78 is 15.9. The molecule has 0 aliphatic carbocycles. The average Bonchev–Trinajstić information content (AvgIpc) is 2.79. The summed E-state index contributed by atoms with van der Waals surface area (Å²) in [6.07, 6.45) is 2.99. The summed E-state index contributed by atoms with van der Waals surface area (Å²) in [6.45, 7) is 2.66. The van der Waals surface area contributed by atoms with Crippen LogP contribution in [0.3, 0.4) is 0 Å². The Morgan fingerprint density at radius 3 is 2.16 bits per heavy atom. The zero-order valence-electron chi connectivity index (χ0n) is 16.9. The molecule has 0 aromatic heterocycles. The van der Waals surface area contributed by atoms with E-state index in [9.17, 15) is 9.59 Å². The third kappa shape index (κ3) is 7.01. The Hall–Kier alpha value is -3.57. The van der Waals surface area contributed by atoms with Crippen LogP contribution in [0.4, 0.5) is 0 Å². The van der Waals surface area contributed by atoms with E-state index < -0.39 is 11.9 Å². The number of rotatable bonds is 8. The third-order valence-electron chi connectivity index (χ3n) is 4.19. The van der Waals surface area contributed by atoms with Crippen LogP contribution in [0.2, 0.25) is 5.02 Å². The van der Waals surface area contributed by atoms with Gasteiger partial charge in [0.2, 0.25) is 0 Å². The fraction of sp³-hybridized carbons (Fsp3) is 0.120. The Labute approximate surface area is 185 Å². The first kappa shape index (κ1) is 22.1. The average molecular weight is 437 g/mol. The van der Waals surface area contributed by atoms with Gasteiger partial charge in [0.05, 0.1) is 12.2 Å². The molecule has 0 saturated heterocycles. The molecule has 0 saturated carbocycles. The quantitative estimate of drug-likeness (QED) is 0.257. The number of esters is 2. The molecule has 0 N–H and O–H groups in total. The van der Waals surface area contributed by atoms with E-state index in [1.54, 1.807) is 54.6 Å². The van der Waals surface area contributed by atoms with Crippen molar-refractivity contribution < 1.29 is 23.8 Å². The molecule has 0 atom stereocenters. The second-order valence-electron chi connectivity index (χ2n) is 6.48. The van der Waals surface area contributed by atoms with Crippen LogP contribution in [0.5, 0.6) is 11.5 Å². The van der Waals surface area contributed by atoms with Crippen LogP contribution >= 0.6 is 11.6 Å². The molecule has 6 heteroatoms. The number of carbonyl (C=O) groups is 2. The first-order chi connectivity index (χ1) is 15.0. The second-order valence-corrected chi connectivity index (χ2v) is 6.92. The van der Waals surface area contributed by atoms with Crippen LogP contribution in [0.1, 0.15) is 28.4 Å². The van der Waals surface area contributed by atoms with Gasteiger partial charge in [0.25, 0.3) is 0 Å². The van der Waals surface area contributed by atoms with Crippen LogP contribution in [0.25, 0.3) is 6.08 Å². The van der Waals surface area contributed by atoms with Crippen molar-refractivity contribution in [3.63, 3.8) is 0 Å². The molecule has 5 nitrogen and oxygen atoms in total. The Kier molecular flexibility index (Phi) is 7.85. The van der Waals surface area contributed by atoms with Crippen molar-refractivity contribution in [2.75, 3.05) is 6.61 Å². The molecule has 0 bridgehead atoms. The lowest BCUT2D eigenvalue weighted by molar-refractivity contribution is -0.128. The lowest BCUT2D eigenvalue weighted by Gasteiger charge is -2.06. The zero-order chi connectivity index (χ0) is 22.1. The number of benzene rings is 3. The maximum absolute atomic E-state index is 12.2. The predicted octanol–water partition coefficient (Wildman–Crippen LogP) is 5.71. The van der Waals surface area contributed by atoms with Gasteiger partial charge in [-0.15, -0.1) is 0 Å². The van der Waals surface area contributed by atoms with E-state index in [1.165, 1.54) is 6.08 Å². The smallest absolute Gasteiger partial charge is 0.338 e. The molecule has 31 heavy (non-hydrogen) atoms. The number of ether oxygens (including phenoxy) is 3. The highest BCUT2D eigenvalue weighted by Crippen LogP contribution is 2.16. The first-order valence-corrected chi connectivity index (χ1v) is 10.1. The molecule has 3 rings (SSSR count). The summed E-state index contributed by atoms with van der Waals surface area (Å²) in [5.74, 6) is 0.111. The Bertz CT molecular complexity index is 1040. The highest BCUT2D eigenvalue weighted by molar-refractivity contribution is 6.30. The summed E-state index contributed by atoms with van der Waals surface area (Å²) >= 11 is 5.84. The normalized spacial score (nSPS) is 10.6. The van der Waals surface area contributed by atoms with Gasteiger partial charge in [-0.2, -0.15) is 0 Å². The van der Waals surface area contributed by atoms with E-state index in [4.69, 9.17) is 25.8 Å². The van der Waals surface area contributed by atoms with Crippen LogP contribution in [0.15, 0.2) is 78.9 Å². The van der Waals surface area contributed by atoms with Gasteiger partial charge < -0.3 is 14.2 Å². The Balaban J connectivity index is 1.50. The SMILES string of the molecule is CCOc1ccc(/C=C/C(=O)Oc2ccc(C(=O)OCc3ccc(Cl)cc3)cc2)cc1. The largest absolute Gasteiger partial charge is 0.494 e. The van der Waals surface area contributed by atoms with Gasteiger partial charge in [0.1, 0.15) is 18.1 Å². The van der Waals surface area contributed by atoms with E-state index in [2.05, 4.69) is 0 Å². The Morgan fingerprint density at radius 1 is 0.871 bits per heavy atom. The van der Waals surface area contributed by atoms with E-state index >= 15 is 0 Å². The van der Waals surface area contributed by atoms with Gasteiger partial charge in [-0.1, -0.05) is 35.9 Å². The number of hydrogen-bond acceptors (Lipinski definition) is 5. The van der Waals surface area contributed by atoms with Crippen LogP contribution < -0.4 is 9.47 Å². The van der Waals surface area contributed by atoms with Crippen molar-refractivity contribution in [2.24, 2.45) is 0 Å². The molecule has 0 heterocycles. The minimum atomic E-state index is -0.521. The van der Waals surface area contributed by atoms with Crippen LogP contribution in [-0.4, -0.2) is 18.5 Å². The third-order valence-corrected chi connectivity index (χ3v) is 4.45. The molecule has 0 unspecified atom stereocenters. The van der Waals surface area contributed by atoms with E-state index in [0.29, 0.717) is 22.9 Å². The molecule has 0 spiro atoms. The topological polar surface area (TPSA) is 61.8 Å². The molecule has 0 fully saturated rings. The molecule has 0 amide bonds. The summed E-state index contributed by atoms with van der Waals surface area (Å²) in [5, 5.41) is 0.620. The van der Waals surface area contributed by atoms with Crippen molar-refractivity contribution in [3.05, 3.63) is 101 Å². The summed E-state index contributed by atoms with van der Waals surface area (Å²) in [6, 6.07) is 20.6. The van der Waals surface area contributed by atoms with E-state index in [0.717, 1.165) is 16.9 Å². The minimum Gasteiger partial charge on any atom is -0.494 e. The fourth-order valence-corrected chi connectivity index (χ4v) is 2.75. The number of hydrogen-bond donors (Lipinski definition) is 0. The van der Waals surface area contributed by atoms with Crippen molar-refractivity contribution in [3.8, 4) is 11.5 Å². The molecule has 3 aromatic carbocycles. The molecular formula is C25H21ClO5. The van der Waals surface area contributed by atoms with E-state index in [1.807, 2.05) is 31.2 Å². The molecule has 0 aliphatic rings. The van der Waals surface area contributed by atoms with Crippen molar-refractivity contribution in [2.45, 2.75) is 13.5 Å². The summed E-state index contributed by atoms with van der Waals surface area (Å²) in [7, 11) is 0. The predicted molar refractivity (Wildman–Crippen MR) is 119 cm³/mol. The van der Waals surface area contributed by atoms with Gasteiger partial charge in [-0.25, -0.2) is 9.59 Å². The maximum Gasteiger partial charge on any atom is 0.338 e. The van der Waals surface area contributed by atoms with Gasteiger partial charge in [-0.3, -0.25) is 0 Å². The number of carbonyl (C=O) groups excluding carboxylic acids is 2. The highest BCUT2D eigenvalue weighted by Gasteiger charge is 2.09. The number of halogens is 1. The highest BCUT2D eigenvalue weighted by atomic mass is 35.5. The molecule has 158 valence electrons. The van der Waals surface area contributed by atoms with Gasteiger partial charge in [-0.05, 0) is 72.7 Å². The zero-order valence-corrected chi connectivity index (χ0v) is 17.7.